The molecule has 0 spiro atoms. The Morgan fingerprint density at radius 2 is 2.13 bits per heavy atom. The average Bonchev–Trinajstić information content (AvgIpc) is 3.23. The molecule has 0 saturated carbocycles. The molecule has 0 unspecified atom stereocenters. The van der Waals surface area contributed by atoms with Crippen LogP contribution in [0.25, 0.3) is 20.4 Å². The minimum Gasteiger partial charge on any atom is -0.467 e. The van der Waals surface area contributed by atoms with Crippen molar-refractivity contribution in [2.45, 2.75) is 34.2 Å². The Morgan fingerprint density at radius 3 is 2.87 bits per heavy atom. The maximum absolute atomic E-state index is 5.33. The number of furan rings is 1. The number of rotatable bonds is 3. The Bertz CT molecular complexity index is 921. The molecule has 4 rings (SSSR count). The minimum atomic E-state index is 0.618. The Labute approximate surface area is 138 Å². The van der Waals surface area contributed by atoms with Crippen LogP contribution in [-0.4, -0.2) is 15.2 Å². The molecule has 0 saturated heterocycles. The van der Waals surface area contributed by atoms with Crippen molar-refractivity contribution in [1.82, 2.24) is 15.2 Å². The second kappa shape index (κ2) is 6.42. The summed E-state index contributed by atoms with van der Waals surface area (Å²) >= 11 is 1.66. The fraction of sp³-hybridized carbons (Fsp3) is 0.294. The van der Waals surface area contributed by atoms with Gasteiger partial charge >= 0.3 is 0 Å². The number of nitrogens with zero attached hydrogens (tertiary/aromatic N) is 2. The number of hydrogen-bond donors (Lipinski definition) is 2. The van der Waals surface area contributed by atoms with E-state index in [0.717, 1.165) is 32.3 Å². The lowest BCUT2D eigenvalue weighted by Gasteiger charge is -1.99. The minimum absolute atomic E-state index is 0.618. The highest BCUT2D eigenvalue weighted by molar-refractivity contribution is 7.26. The summed E-state index contributed by atoms with van der Waals surface area (Å²) in [4.78, 5) is 5.67. The van der Waals surface area contributed by atoms with Gasteiger partial charge in [-0.2, -0.15) is 5.10 Å². The van der Waals surface area contributed by atoms with Gasteiger partial charge < -0.3 is 9.73 Å². The number of aryl methyl sites for hydroxylation is 2. The van der Waals surface area contributed by atoms with Gasteiger partial charge in [0.1, 0.15) is 10.6 Å². The summed E-state index contributed by atoms with van der Waals surface area (Å²) in [6, 6.07) is 5.93. The normalized spacial score (nSPS) is 10.8. The van der Waals surface area contributed by atoms with Crippen LogP contribution in [0.3, 0.4) is 0 Å². The molecule has 6 heteroatoms. The standard InChI is InChI=1S/C15H14N4OS.C2H6/c1-8-6-9(2)17-15-11(8)12-13(21-15)14(19-18-12)16-7-10-4-3-5-20-10;1-2/h3-6H,7H2,1-2H3,(H2,16,18,19);1-2H3. The molecule has 0 aliphatic heterocycles. The molecule has 0 fully saturated rings. The van der Waals surface area contributed by atoms with Crippen LogP contribution in [0, 0.1) is 13.8 Å². The second-order valence-electron chi connectivity index (χ2n) is 5.07. The first-order chi connectivity index (χ1) is 11.2. The molecular formula is C17H20N4OS. The summed E-state index contributed by atoms with van der Waals surface area (Å²) in [5.74, 6) is 1.74. The van der Waals surface area contributed by atoms with E-state index in [9.17, 15) is 0 Å². The maximum Gasteiger partial charge on any atom is 0.166 e. The molecule has 4 aromatic heterocycles. The van der Waals surface area contributed by atoms with Crippen molar-refractivity contribution >= 4 is 37.6 Å². The van der Waals surface area contributed by atoms with Crippen LogP contribution in [-0.2, 0) is 6.54 Å². The Hall–Kier alpha value is -2.34. The summed E-state index contributed by atoms with van der Waals surface area (Å²) in [7, 11) is 0. The number of hydrogen-bond acceptors (Lipinski definition) is 5. The Morgan fingerprint density at radius 1 is 1.30 bits per heavy atom. The lowest BCUT2D eigenvalue weighted by atomic mass is 10.2. The molecule has 0 atom stereocenters. The van der Waals surface area contributed by atoms with E-state index in [0.29, 0.717) is 6.54 Å². The fourth-order valence-electron chi connectivity index (χ4n) is 2.58. The van der Waals surface area contributed by atoms with Crippen LogP contribution in [0.4, 0.5) is 5.82 Å². The first kappa shape index (κ1) is 15.6. The van der Waals surface area contributed by atoms with E-state index in [4.69, 9.17) is 4.42 Å². The number of nitrogens with one attached hydrogen (secondary N) is 2. The van der Waals surface area contributed by atoms with Crippen LogP contribution in [0.1, 0.15) is 30.9 Å². The zero-order chi connectivity index (χ0) is 16.4. The number of anilines is 1. The molecule has 0 aliphatic carbocycles. The van der Waals surface area contributed by atoms with Gasteiger partial charge in [-0.1, -0.05) is 13.8 Å². The predicted molar refractivity (Wildman–Crippen MR) is 96.1 cm³/mol. The largest absolute Gasteiger partial charge is 0.467 e. The smallest absolute Gasteiger partial charge is 0.166 e. The van der Waals surface area contributed by atoms with Gasteiger partial charge in [0.25, 0.3) is 0 Å². The van der Waals surface area contributed by atoms with Gasteiger partial charge in [-0.25, -0.2) is 4.98 Å². The molecule has 120 valence electrons. The van der Waals surface area contributed by atoms with E-state index >= 15 is 0 Å². The SMILES string of the molecule is CC.Cc1cc(C)c2c(n1)sc1c(NCc3ccco3)n[nH]c12. The molecule has 0 amide bonds. The van der Waals surface area contributed by atoms with Crippen LogP contribution >= 0.6 is 11.3 Å². The Kier molecular flexibility index (Phi) is 4.34. The van der Waals surface area contributed by atoms with Crippen LogP contribution < -0.4 is 5.32 Å². The monoisotopic (exact) mass is 328 g/mol. The highest BCUT2D eigenvalue weighted by Crippen LogP contribution is 2.37. The van der Waals surface area contributed by atoms with Crippen molar-refractivity contribution in [2.75, 3.05) is 5.32 Å². The summed E-state index contributed by atoms with van der Waals surface area (Å²) in [6.07, 6.45) is 1.67. The number of fused-ring (bicyclic) bond motifs is 3. The van der Waals surface area contributed by atoms with Crippen LogP contribution in [0.2, 0.25) is 0 Å². The summed E-state index contributed by atoms with van der Waals surface area (Å²) in [5.41, 5.74) is 3.33. The topological polar surface area (TPSA) is 66.7 Å². The van der Waals surface area contributed by atoms with Crippen molar-refractivity contribution in [2.24, 2.45) is 0 Å². The number of aromatic nitrogens is 3. The molecule has 0 aromatic carbocycles. The predicted octanol–water partition coefficient (Wildman–Crippen LogP) is 5.02. The van der Waals surface area contributed by atoms with Crippen molar-refractivity contribution in [3.63, 3.8) is 0 Å². The van der Waals surface area contributed by atoms with E-state index in [2.05, 4.69) is 33.5 Å². The molecule has 23 heavy (non-hydrogen) atoms. The van der Waals surface area contributed by atoms with Gasteiger partial charge in [0.2, 0.25) is 0 Å². The van der Waals surface area contributed by atoms with Crippen molar-refractivity contribution < 1.29 is 4.42 Å². The van der Waals surface area contributed by atoms with Gasteiger partial charge in [0.15, 0.2) is 5.82 Å². The summed E-state index contributed by atoms with van der Waals surface area (Å²) in [5, 5.41) is 12.0. The number of H-pyrrole nitrogens is 1. The quantitative estimate of drug-likeness (QED) is 0.554. The zero-order valence-corrected chi connectivity index (χ0v) is 14.5. The molecule has 4 heterocycles. The molecular weight excluding hydrogens is 308 g/mol. The van der Waals surface area contributed by atoms with E-state index in [1.165, 1.54) is 10.9 Å². The molecule has 0 aliphatic rings. The van der Waals surface area contributed by atoms with Gasteiger partial charge in [0, 0.05) is 11.1 Å². The number of pyridine rings is 1. The first-order valence-electron chi connectivity index (χ1n) is 7.73. The number of aromatic amines is 1. The van der Waals surface area contributed by atoms with E-state index in [-0.39, 0.29) is 0 Å². The fourth-order valence-corrected chi connectivity index (χ4v) is 3.79. The van der Waals surface area contributed by atoms with Crippen molar-refractivity contribution in [3.05, 3.63) is 41.5 Å². The van der Waals surface area contributed by atoms with Crippen molar-refractivity contribution in [1.29, 1.82) is 0 Å². The summed E-state index contributed by atoms with van der Waals surface area (Å²) < 4.78 is 6.44. The number of thiophene rings is 1. The van der Waals surface area contributed by atoms with E-state index in [1.807, 2.05) is 32.9 Å². The average molecular weight is 328 g/mol. The van der Waals surface area contributed by atoms with Gasteiger partial charge in [-0.05, 0) is 37.6 Å². The highest BCUT2D eigenvalue weighted by atomic mass is 32.1. The molecule has 4 aromatic rings. The zero-order valence-electron chi connectivity index (χ0n) is 13.7. The summed E-state index contributed by atoms with van der Waals surface area (Å²) in [6.45, 7) is 8.75. The third-order valence-corrected chi connectivity index (χ3v) is 4.58. The van der Waals surface area contributed by atoms with Crippen LogP contribution in [0.15, 0.2) is 28.9 Å². The first-order valence-corrected chi connectivity index (χ1v) is 8.55. The maximum atomic E-state index is 5.33. The molecule has 0 bridgehead atoms. The Balaban J connectivity index is 0.000000753. The second-order valence-corrected chi connectivity index (χ2v) is 6.07. The van der Waals surface area contributed by atoms with Crippen LogP contribution in [0.5, 0.6) is 0 Å². The van der Waals surface area contributed by atoms with Crippen molar-refractivity contribution in [3.8, 4) is 0 Å². The highest BCUT2D eigenvalue weighted by Gasteiger charge is 2.15. The lowest BCUT2D eigenvalue weighted by molar-refractivity contribution is 0.518. The molecule has 0 radical (unpaired) electrons. The molecule has 2 N–H and O–H groups in total. The van der Waals surface area contributed by atoms with Gasteiger partial charge in [-0.3, -0.25) is 5.10 Å². The van der Waals surface area contributed by atoms with Gasteiger partial charge in [-0.15, -0.1) is 11.3 Å². The van der Waals surface area contributed by atoms with E-state index < -0.39 is 0 Å². The third-order valence-electron chi connectivity index (χ3n) is 3.49. The molecule has 5 nitrogen and oxygen atoms in total. The van der Waals surface area contributed by atoms with E-state index in [1.54, 1.807) is 17.6 Å². The van der Waals surface area contributed by atoms with Gasteiger partial charge in [0.05, 0.1) is 23.0 Å². The third kappa shape index (κ3) is 2.82. The lowest BCUT2D eigenvalue weighted by Crippen LogP contribution is -1.98.